The molecule has 2 heterocycles. The largest absolute Gasteiger partial charge is 0.391 e. The molecule has 0 atom stereocenters. The SMILES string of the molecule is Nc1c(NCCc2ncno2)nc[nH]c1=O. The maximum absolute atomic E-state index is 11.1. The van der Waals surface area contributed by atoms with Gasteiger partial charge in [-0.05, 0) is 0 Å². The van der Waals surface area contributed by atoms with Gasteiger partial charge in [-0.15, -0.1) is 0 Å². The number of anilines is 2. The number of hydrogen-bond donors (Lipinski definition) is 3. The van der Waals surface area contributed by atoms with E-state index in [0.29, 0.717) is 24.7 Å². The van der Waals surface area contributed by atoms with Crippen molar-refractivity contribution in [3.8, 4) is 0 Å². The summed E-state index contributed by atoms with van der Waals surface area (Å²) in [6.45, 7) is 0.503. The maximum atomic E-state index is 11.1. The molecule has 0 aliphatic carbocycles. The fraction of sp³-hybridized carbons (Fsp3) is 0.250. The van der Waals surface area contributed by atoms with Crippen LogP contribution in [0.25, 0.3) is 0 Å². The van der Waals surface area contributed by atoms with Gasteiger partial charge in [0.1, 0.15) is 5.69 Å². The summed E-state index contributed by atoms with van der Waals surface area (Å²) in [5.74, 6) is 0.860. The number of rotatable bonds is 4. The molecule has 0 fully saturated rings. The van der Waals surface area contributed by atoms with Crippen LogP contribution in [0.2, 0.25) is 0 Å². The molecule has 4 N–H and O–H groups in total. The number of H-pyrrole nitrogens is 1. The van der Waals surface area contributed by atoms with Gasteiger partial charge in [0.25, 0.3) is 5.56 Å². The fourth-order valence-electron chi connectivity index (χ4n) is 1.15. The smallest absolute Gasteiger partial charge is 0.276 e. The molecule has 0 aliphatic rings. The van der Waals surface area contributed by atoms with Crippen molar-refractivity contribution in [1.82, 2.24) is 20.1 Å². The lowest BCUT2D eigenvalue weighted by Gasteiger charge is -2.04. The highest BCUT2D eigenvalue weighted by Gasteiger charge is 2.04. The monoisotopic (exact) mass is 222 g/mol. The Labute approximate surface area is 89.9 Å². The zero-order valence-electron chi connectivity index (χ0n) is 8.30. The van der Waals surface area contributed by atoms with Gasteiger partial charge in [-0.3, -0.25) is 4.79 Å². The van der Waals surface area contributed by atoms with Gasteiger partial charge in [-0.2, -0.15) is 4.98 Å². The first-order valence-corrected chi connectivity index (χ1v) is 4.60. The van der Waals surface area contributed by atoms with Gasteiger partial charge in [-0.25, -0.2) is 4.98 Å². The summed E-state index contributed by atoms with van der Waals surface area (Å²) < 4.78 is 4.80. The van der Waals surface area contributed by atoms with Crippen LogP contribution in [0, 0.1) is 0 Å². The zero-order valence-corrected chi connectivity index (χ0v) is 8.30. The molecule has 0 aromatic carbocycles. The molecule has 2 aromatic rings. The Hall–Kier alpha value is -2.38. The average molecular weight is 222 g/mol. The van der Waals surface area contributed by atoms with Gasteiger partial charge in [0.05, 0.1) is 6.33 Å². The van der Waals surface area contributed by atoms with E-state index in [4.69, 9.17) is 10.3 Å². The van der Waals surface area contributed by atoms with Crippen LogP contribution >= 0.6 is 0 Å². The third-order valence-corrected chi connectivity index (χ3v) is 1.93. The van der Waals surface area contributed by atoms with Gasteiger partial charge in [0.2, 0.25) is 5.89 Å². The number of aromatic nitrogens is 4. The first-order valence-electron chi connectivity index (χ1n) is 4.60. The van der Waals surface area contributed by atoms with Crippen LogP contribution in [-0.4, -0.2) is 26.7 Å². The zero-order chi connectivity index (χ0) is 11.4. The summed E-state index contributed by atoms with van der Waals surface area (Å²) in [5.41, 5.74) is 5.22. The van der Waals surface area contributed by atoms with Crippen LogP contribution in [0.15, 0.2) is 22.0 Å². The molecule has 0 spiro atoms. The molecule has 2 rings (SSSR count). The molecule has 0 radical (unpaired) electrons. The van der Waals surface area contributed by atoms with Crippen LogP contribution in [0.5, 0.6) is 0 Å². The van der Waals surface area contributed by atoms with Crippen LogP contribution in [0.1, 0.15) is 5.89 Å². The summed E-state index contributed by atoms with van der Waals surface area (Å²) in [5, 5.41) is 6.38. The normalized spacial score (nSPS) is 10.2. The second kappa shape index (κ2) is 4.43. The number of hydrogen-bond acceptors (Lipinski definition) is 7. The quantitative estimate of drug-likeness (QED) is 0.630. The minimum Gasteiger partial charge on any atom is -0.391 e. The van der Waals surface area contributed by atoms with E-state index in [1.165, 1.54) is 12.7 Å². The van der Waals surface area contributed by atoms with E-state index in [0.717, 1.165) is 0 Å². The number of nitrogens with zero attached hydrogens (tertiary/aromatic N) is 3. The molecule has 0 amide bonds. The Morgan fingerprint density at radius 3 is 3.12 bits per heavy atom. The number of nitrogens with two attached hydrogens (primary N) is 1. The number of nitrogens with one attached hydrogen (secondary N) is 2. The van der Waals surface area contributed by atoms with E-state index in [2.05, 4.69) is 25.4 Å². The Bertz CT molecular complexity index is 505. The molecule has 0 unspecified atom stereocenters. The Morgan fingerprint density at radius 2 is 2.38 bits per heavy atom. The highest BCUT2D eigenvalue weighted by molar-refractivity contribution is 5.58. The predicted molar refractivity (Wildman–Crippen MR) is 55.8 cm³/mol. The molecule has 0 saturated heterocycles. The second-order valence-corrected chi connectivity index (χ2v) is 3.01. The van der Waals surface area contributed by atoms with Crippen molar-refractivity contribution in [2.45, 2.75) is 6.42 Å². The van der Waals surface area contributed by atoms with Crippen molar-refractivity contribution < 1.29 is 4.52 Å². The highest BCUT2D eigenvalue weighted by atomic mass is 16.5. The van der Waals surface area contributed by atoms with Crippen LogP contribution in [0.4, 0.5) is 11.5 Å². The summed E-state index contributed by atoms with van der Waals surface area (Å²) in [4.78, 5) is 21.3. The first kappa shape index (κ1) is 10.1. The molecule has 0 aliphatic heterocycles. The van der Waals surface area contributed by atoms with Crippen LogP contribution in [0.3, 0.4) is 0 Å². The topological polar surface area (TPSA) is 123 Å². The van der Waals surface area contributed by atoms with E-state index in [9.17, 15) is 4.79 Å². The predicted octanol–water partition coefficient (Wildman–Crippen LogP) is -0.610. The molecule has 8 nitrogen and oxygen atoms in total. The molecule has 2 aromatic heterocycles. The van der Waals surface area contributed by atoms with Crippen molar-refractivity contribution in [3.05, 3.63) is 28.9 Å². The Balaban J connectivity index is 1.95. The number of nitrogen functional groups attached to an aromatic ring is 1. The fourth-order valence-corrected chi connectivity index (χ4v) is 1.15. The third kappa shape index (κ3) is 2.16. The van der Waals surface area contributed by atoms with Gasteiger partial charge >= 0.3 is 0 Å². The molecular weight excluding hydrogens is 212 g/mol. The van der Waals surface area contributed by atoms with Crippen LogP contribution < -0.4 is 16.6 Å². The minimum absolute atomic E-state index is 0.0630. The highest BCUT2D eigenvalue weighted by Crippen LogP contribution is 2.06. The molecule has 0 saturated carbocycles. The van der Waals surface area contributed by atoms with E-state index >= 15 is 0 Å². The Morgan fingerprint density at radius 1 is 1.50 bits per heavy atom. The lowest BCUT2D eigenvalue weighted by Crippen LogP contribution is -2.17. The van der Waals surface area contributed by atoms with Gasteiger partial charge < -0.3 is 20.6 Å². The molecule has 8 heteroatoms. The van der Waals surface area contributed by atoms with Gasteiger partial charge in [0.15, 0.2) is 12.1 Å². The van der Waals surface area contributed by atoms with Crippen molar-refractivity contribution in [1.29, 1.82) is 0 Å². The standard InChI is InChI=1S/C8H10N6O2/c9-6-7(12-3-13-8(6)15)10-2-1-5-11-4-14-16-5/h3-4H,1-2,9H2,(H2,10,12,13,15). The van der Waals surface area contributed by atoms with Crippen molar-refractivity contribution in [3.63, 3.8) is 0 Å². The van der Waals surface area contributed by atoms with E-state index in [1.54, 1.807) is 0 Å². The average Bonchev–Trinajstić information content (AvgIpc) is 2.77. The summed E-state index contributed by atoms with van der Waals surface area (Å²) in [6.07, 6.45) is 3.15. The number of aromatic amines is 1. The molecule has 16 heavy (non-hydrogen) atoms. The lowest BCUT2D eigenvalue weighted by atomic mass is 10.4. The summed E-state index contributed by atoms with van der Waals surface area (Å²) >= 11 is 0. The van der Waals surface area contributed by atoms with Gasteiger partial charge in [-0.1, -0.05) is 5.16 Å². The molecule has 84 valence electrons. The van der Waals surface area contributed by atoms with E-state index in [1.807, 2.05) is 0 Å². The lowest BCUT2D eigenvalue weighted by molar-refractivity contribution is 0.379. The van der Waals surface area contributed by atoms with Crippen molar-refractivity contribution in [2.75, 3.05) is 17.6 Å². The van der Waals surface area contributed by atoms with Crippen molar-refractivity contribution >= 4 is 11.5 Å². The first-order chi connectivity index (χ1) is 7.77. The summed E-state index contributed by atoms with van der Waals surface area (Å²) in [6, 6.07) is 0. The Kier molecular flexibility index (Phi) is 2.81. The molecular formula is C8H10N6O2. The second-order valence-electron chi connectivity index (χ2n) is 3.01. The van der Waals surface area contributed by atoms with Crippen LogP contribution in [-0.2, 0) is 6.42 Å². The third-order valence-electron chi connectivity index (χ3n) is 1.93. The molecule has 0 bridgehead atoms. The van der Waals surface area contributed by atoms with Gasteiger partial charge in [0, 0.05) is 13.0 Å². The summed E-state index contributed by atoms with van der Waals surface area (Å²) in [7, 11) is 0. The van der Waals surface area contributed by atoms with E-state index < -0.39 is 0 Å². The minimum atomic E-state index is -0.365. The maximum Gasteiger partial charge on any atom is 0.276 e. The van der Waals surface area contributed by atoms with E-state index in [-0.39, 0.29) is 11.2 Å². The van der Waals surface area contributed by atoms with Crippen molar-refractivity contribution in [2.24, 2.45) is 0 Å².